The zero-order chi connectivity index (χ0) is 17.4. The Bertz CT molecular complexity index is 822. The maximum atomic E-state index is 9.39. The van der Waals surface area contributed by atoms with Crippen molar-refractivity contribution in [2.24, 2.45) is 5.92 Å². The van der Waals surface area contributed by atoms with Crippen LogP contribution in [0, 0.1) is 17.2 Å². The monoisotopic (exact) mass is 367 g/mol. The summed E-state index contributed by atoms with van der Waals surface area (Å²) in [5.41, 5.74) is 5.76. The molecular formula is C22H26ClN3. The van der Waals surface area contributed by atoms with Gasteiger partial charge in [0, 0.05) is 31.9 Å². The van der Waals surface area contributed by atoms with Crippen LogP contribution in [0.3, 0.4) is 0 Å². The molecule has 4 rings (SSSR count). The van der Waals surface area contributed by atoms with Crippen LogP contribution in [0.1, 0.15) is 42.5 Å². The fourth-order valence-electron chi connectivity index (χ4n) is 3.94. The molecule has 1 saturated carbocycles. The Kier molecular flexibility index (Phi) is 5.55. The molecule has 1 aliphatic carbocycles. The summed E-state index contributed by atoms with van der Waals surface area (Å²) in [7, 11) is 2.05. The van der Waals surface area contributed by atoms with Gasteiger partial charge in [0.2, 0.25) is 0 Å². The largest absolute Gasteiger partial charge is 0.344 e. The van der Waals surface area contributed by atoms with Crippen molar-refractivity contribution < 1.29 is 0 Å². The summed E-state index contributed by atoms with van der Waals surface area (Å²) in [5.74, 6) is 0.928. The minimum Gasteiger partial charge on any atom is -0.344 e. The summed E-state index contributed by atoms with van der Waals surface area (Å²) < 4.78 is 0. The lowest BCUT2D eigenvalue weighted by Crippen LogP contribution is -2.35. The Labute approximate surface area is 162 Å². The minimum atomic E-state index is 0. The first kappa shape index (κ1) is 18.8. The molecule has 1 atom stereocenters. The van der Waals surface area contributed by atoms with Crippen LogP contribution in [0.2, 0.25) is 0 Å². The fraction of sp³-hybridized carbons (Fsp3) is 0.409. The molecule has 0 radical (unpaired) electrons. The lowest BCUT2D eigenvalue weighted by molar-refractivity contribution is 0.190. The molecule has 4 heteroatoms. The van der Waals surface area contributed by atoms with Gasteiger partial charge in [0.05, 0.1) is 11.3 Å². The average molecular weight is 368 g/mol. The molecular weight excluding hydrogens is 342 g/mol. The van der Waals surface area contributed by atoms with Gasteiger partial charge in [0.1, 0.15) is 6.07 Å². The first-order valence-corrected chi connectivity index (χ1v) is 9.27. The van der Waals surface area contributed by atoms with E-state index in [1.807, 2.05) is 31.3 Å². The standard InChI is InChI=1S/C22H25N3.ClH/c1-16-21-13-20(24(2)22-6-4-3-5-19(22)14-23)10-9-18(21)11-12-25(16)15-17-7-8-17;/h3-6,9-10,13,16-17H,7-8,11-12,15H2,1-2H3;1H. The Balaban J connectivity index is 0.00000196. The first-order chi connectivity index (χ1) is 12.2. The van der Waals surface area contributed by atoms with Crippen molar-refractivity contribution in [1.29, 1.82) is 5.26 Å². The number of halogens is 1. The van der Waals surface area contributed by atoms with Crippen molar-refractivity contribution in [3.05, 3.63) is 59.2 Å². The molecule has 26 heavy (non-hydrogen) atoms. The van der Waals surface area contributed by atoms with E-state index in [1.54, 1.807) is 0 Å². The van der Waals surface area contributed by atoms with E-state index < -0.39 is 0 Å². The number of para-hydroxylation sites is 1. The molecule has 1 heterocycles. The predicted octanol–water partition coefficient (Wildman–Crippen LogP) is 5.08. The molecule has 136 valence electrons. The van der Waals surface area contributed by atoms with Gasteiger partial charge in [-0.05, 0) is 67.5 Å². The molecule has 3 nitrogen and oxygen atoms in total. The highest BCUT2D eigenvalue weighted by atomic mass is 35.5. The normalized spacial score (nSPS) is 19.2. The van der Waals surface area contributed by atoms with Crippen molar-refractivity contribution >= 4 is 23.8 Å². The van der Waals surface area contributed by atoms with Crippen LogP contribution in [0.5, 0.6) is 0 Å². The van der Waals surface area contributed by atoms with Crippen molar-refractivity contribution in [3.63, 3.8) is 0 Å². The van der Waals surface area contributed by atoms with Crippen molar-refractivity contribution in [1.82, 2.24) is 4.90 Å². The number of nitriles is 1. The predicted molar refractivity (Wildman–Crippen MR) is 109 cm³/mol. The summed E-state index contributed by atoms with van der Waals surface area (Å²) in [6.07, 6.45) is 3.96. The van der Waals surface area contributed by atoms with Gasteiger partial charge in [-0.3, -0.25) is 4.90 Å². The molecule has 0 aromatic heterocycles. The SMILES string of the molecule is CC1c2cc(N(C)c3ccccc3C#N)ccc2CCN1CC1CC1.Cl. The molecule has 2 aliphatic rings. The van der Waals surface area contributed by atoms with E-state index in [1.165, 1.54) is 37.1 Å². The fourth-order valence-corrected chi connectivity index (χ4v) is 3.94. The number of nitrogens with zero attached hydrogens (tertiary/aromatic N) is 3. The quantitative estimate of drug-likeness (QED) is 0.755. The van der Waals surface area contributed by atoms with Crippen LogP contribution in [-0.2, 0) is 6.42 Å². The lowest BCUT2D eigenvalue weighted by atomic mass is 9.92. The highest BCUT2D eigenvalue weighted by molar-refractivity contribution is 5.85. The molecule has 1 unspecified atom stereocenters. The maximum Gasteiger partial charge on any atom is 0.101 e. The number of rotatable bonds is 4. The summed E-state index contributed by atoms with van der Waals surface area (Å²) in [5, 5.41) is 9.39. The van der Waals surface area contributed by atoms with E-state index >= 15 is 0 Å². The lowest BCUT2D eigenvalue weighted by Gasteiger charge is -2.36. The average Bonchev–Trinajstić information content (AvgIpc) is 3.47. The molecule has 1 fully saturated rings. The van der Waals surface area contributed by atoms with Crippen molar-refractivity contribution in [2.75, 3.05) is 25.0 Å². The van der Waals surface area contributed by atoms with Gasteiger partial charge < -0.3 is 4.90 Å². The second kappa shape index (κ2) is 7.70. The third kappa shape index (κ3) is 3.58. The first-order valence-electron chi connectivity index (χ1n) is 9.27. The van der Waals surface area contributed by atoms with Crippen molar-refractivity contribution in [2.45, 2.75) is 32.2 Å². The third-order valence-corrected chi connectivity index (χ3v) is 5.76. The van der Waals surface area contributed by atoms with Crippen molar-refractivity contribution in [3.8, 4) is 6.07 Å². The molecule has 2 aromatic carbocycles. The van der Waals surface area contributed by atoms with E-state index in [2.05, 4.69) is 41.0 Å². The van der Waals surface area contributed by atoms with Crippen LogP contribution in [0.15, 0.2) is 42.5 Å². The Hall–Kier alpha value is -2.02. The molecule has 0 spiro atoms. The van der Waals surface area contributed by atoms with Crippen LogP contribution >= 0.6 is 12.4 Å². The maximum absolute atomic E-state index is 9.39. The van der Waals surface area contributed by atoms with Gasteiger partial charge in [-0.25, -0.2) is 0 Å². The second-order valence-corrected chi connectivity index (χ2v) is 7.44. The number of benzene rings is 2. The number of hydrogen-bond donors (Lipinski definition) is 0. The van der Waals surface area contributed by atoms with E-state index in [-0.39, 0.29) is 12.4 Å². The second-order valence-electron chi connectivity index (χ2n) is 7.44. The third-order valence-electron chi connectivity index (χ3n) is 5.76. The summed E-state index contributed by atoms with van der Waals surface area (Å²) in [6.45, 7) is 4.77. The van der Waals surface area contributed by atoms with Crippen LogP contribution in [0.25, 0.3) is 0 Å². The van der Waals surface area contributed by atoms with Gasteiger partial charge >= 0.3 is 0 Å². The summed E-state index contributed by atoms with van der Waals surface area (Å²) in [6, 6.07) is 17.4. The van der Waals surface area contributed by atoms with E-state index in [0.29, 0.717) is 11.6 Å². The molecule has 0 amide bonds. The molecule has 0 saturated heterocycles. The van der Waals surface area contributed by atoms with Gasteiger partial charge in [0.25, 0.3) is 0 Å². The topological polar surface area (TPSA) is 30.3 Å². The summed E-state index contributed by atoms with van der Waals surface area (Å²) >= 11 is 0. The van der Waals surface area contributed by atoms with Gasteiger partial charge in [0.15, 0.2) is 0 Å². The number of fused-ring (bicyclic) bond motifs is 1. The van der Waals surface area contributed by atoms with E-state index in [9.17, 15) is 5.26 Å². The molecule has 2 aromatic rings. The number of hydrogen-bond acceptors (Lipinski definition) is 3. The van der Waals surface area contributed by atoms with Gasteiger partial charge in [-0.15, -0.1) is 12.4 Å². The zero-order valence-electron chi connectivity index (χ0n) is 15.5. The highest BCUT2D eigenvalue weighted by Gasteiger charge is 2.30. The van der Waals surface area contributed by atoms with E-state index in [0.717, 1.165) is 23.7 Å². The molecule has 0 bridgehead atoms. The summed E-state index contributed by atoms with van der Waals surface area (Å²) in [4.78, 5) is 4.78. The zero-order valence-corrected chi connectivity index (χ0v) is 16.3. The van der Waals surface area contributed by atoms with Crippen LogP contribution in [-0.4, -0.2) is 25.0 Å². The molecule has 0 N–H and O–H groups in total. The Morgan fingerprint density at radius 2 is 1.96 bits per heavy atom. The van der Waals surface area contributed by atoms with Crippen LogP contribution in [0.4, 0.5) is 11.4 Å². The molecule has 1 aliphatic heterocycles. The minimum absolute atomic E-state index is 0. The smallest absolute Gasteiger partial charge is 0.101 e. The highest BCUT2D eigenvalue weighted by Crippen LogP contribution is 2.38. The van der Waals surface area contributed by atoms with Gasteiger partial charge in [-0.1, -0.05) is 18.2 Å². The Morgan fingerprint density at radius 3 is 2.69 bits per heavy atom. The number of anilines is 2. The van der Waals surface area contributed by atoms with E-state index in [4.69, 9.17) is 0 Å². The van der Waals surface area contributed by atoms with Crippen LogP contribution < -0.4 is 4.90 Å². The Morgan fingerprint density at radius 1 is 1.19 bits per heavy atom. The van der Waals surface area contributed by atoms with Gasteiger partial charge in [-0.2, -0.15) is 5.26 Å².